The third-order valence-corrected chi connectivity index (χ3v) is 2.62. The van der Waals surface area contributed by atoms with Gasteiger partial charge in [-0.15, -0.1) is 10.2 Å². The lowest BCUT2D eigenvalue weighted by Gasteiger charge is -2.09. The molecule has 19 heavy (non-hydrogen) atoms. The van der Waals surface area contributed by atoms with Crippen molar-refractivity contribution in [3.05, 3.63) is 46.6 Å². The normalized spacial score (nSPS) is 10.1. The maximum absolute atomic E-state index is 11.6. The third kappa shape index (κ3) is 3.00. The summed E-state index contributed by atoms with van der Waals surface area (Å²) in [5, 5.41) is 7.54. The fourth-order valence-electron chi connectivity index (χ4n) is 1.46. The van der Waals surface area contributed by atoms with Crippen LogP contribution in [0.2, 0.25) is 5.15 Å². The Hall–Kier alpha value is -2.14. The van der Waals surface area contributed by atoms with Crippen LogP contribution in [0.4, 0.5) is 0 Å². The molecule has 0 aliphatic carbocycles. The van der Waals surface area contributed by atoms with E-state index < -0.39 is 5.97 Å². The zero-order valence-electron chi connectivity index (χ0n) is 10.4. The number of aryl methyl sites for hydroxylation is 1. The van der Waals surface area contributed by atoms with Gasteiger partial charge in [-0.3, -0.25) is 0 Å². The van der Waals surface area contributed by atoms with Crippen molar-refractivity contribution in [2.75, 3.05) is 7.11 Å². The Bertz CT molecular complexity index is 617. The van der Waals surface area contributed by atoms with Crippen LogP contribution in [0.15, 0.2) is 30.3 Å². The molecular weight excluding hydrogens is 268 g/mol. The number of carbonyl (C=O) groups is 1. The van der Waals surface area contributed by atoms with Gasteiger partial charge in [0.05, 0.1) is 7.11 Å². The number of hydrogen-bond donors (Lipinski definition) is 0. The summed E-state index contributed by atoms with van der Waals surface area (Å²) in [4.78, 5) is 11.6. The largest absolute Gasteiger partial charge is 0.465 e. The van der Waals surface area contributed by atoms with E-state index in [-0.39, 0.29) is 16.6 Å². The van der Waals surface area contributed by atoms with Crippen molar-refractivity contribution in [3.8, 4) is 11.6 Å². The minimum atomic E-state index is -0.583. The number of carbonyl (C=O) groups excluding carboxylic acids is 1. The number of nitrogens with zero attached hydrogens (tertiary/aromatic N) is 2. The second-order valence-electron chi connectivity index (χ2n) is 3.75. The van der Waals surface area contributed by atoms with Gasteiger partial charge >= 0.3 is 5.97 Å². The highest BCUT2D eigenvalue weighted by Crippen LogP contribution is 2.26. The summed E-state index contributed by atoms with van der Waals surface area (Å²) in [5.74, 6) is 0.0650. The van der Waals surface area contributed by atoms with Crippen molar-refractivity contribution in [2.24, 2.45) is 0 Å². The summed E-state index contributed by atoms with van der Waals surface area (Å²) in [6, 6.07) is 8.72. The number of halogens is 1. The van der Waals surface area contributed by atoms with E-state index in [1.807, 2.05) is 25.1 Å². The van der Waals surface area contributed by atoms with Gasteiger partial charge in [0.15, 0.2) is 5.15 Å². The summed E-state index contributed by atoms with van der Waals surface area (Å²) in [6.07, 6.45) is 0. The molecule has 0 aliphatic heterocycles. The summed E-state index contributed by atoms with van der Waals surface area (Å²) < 4.78 is 10.2. The molecule has 6 heteroatoms. The number of methoxy groups -OCH3 is 1. The minimum Gasteiger partial charge on any atom is -0.465 e. The molecule has 0 saturated carbocycles. The summed E-state index contributed by atoms with van der Waals surface area (Å²) in [5.41, 5.74) is 1.04. The Kier molecular flexibility index (Phi) is 3.97. The fourth-order valence-corrected chi connectivity index (χ4v) is 1.61. The molecule has 0 N–H and O–H groups in total. The predicted molar refractivity (Wildman–Crippen MR) is 69.6 cm³/mol. The Morgan fingerprint density at radius 2 is 2.00 bits per heavy atom. The molecular formula is C13H11ClN2O3. The standard InChI is InChI=1S/C13H11ClN2O3/c1-8-5-3-4-6-10(8)19-12-9(13(17)18-2)7-11(14)15-16-12/h3-7H,1-2H3. The van der Waals surface area contributed by atoms with Gasteiger partial charge < -0.3 is 9.47 Å². The lowest BCUT2D eigenvalue weighted by atomic mass is 10.2. The third-order valence-electron chi connectivity index (χ3n) is 2.44. The molecule has 5 nitrogen and oxygen atoms in total. The number of ether oxygens (including phenoxy) is 2. The van der Waals surface area contributed by atoms with Gasteiger partial charge in [0.1, 0.15) is 11.3 Å². The van der Waals surface area contributed by atoms with Crippen LogP contribution in [-0.2, 0) is 4.74 Å². The van der Waals surface area contributed by atoms with Gasteiger partial charge in [0, 0.05) is 0 Å². The predicted octanol–water partition coefficient (Wildman–Crippen LogP) is 3.02. The van der Waals surface area contributed by atoms with Gasteiger partial charge in [0.2, 0.25) is 0 Å². The van der Waals surface area contributed by atoms with Crippen molar-refractivity contribution < 1.29 is 14.3 Å². The van der Waals surface area contributed by atoms with Gasteiger partial charge in [-0.25, -0.2) is 4.79 Å². The SMILES string of the molecule is COC(=O)c1cc(Cl)nnc1Oc1ccccc1C. The van der Waals surface area contributed by atoms with Crippen molar-refractivity contribution in [2.45, 2.75) is 6.92 Å². The smallest absolute Gasteiger partial charge is 0.343 e. The lowest BCUT2D eigenvalue weighted by molar-refractivity contribution is 0.0596. The molecule has 0 unspecified atom stereocenters. The maximum atomic E-state index is 11.6. The van der Waals surface area contributed by atoms with Gasteiger partial charge in [0.25, 0.3) is 5.88 Å². The number of benzene rings is 1. The van der Waals surface area contributed by atoms with Crippen molar-refractivity contribution in [1.29, 1.82) is 0 Å². The van der Waals surface area contributed by atoms with Crippen LogP contribution in [0, 0.1) is 6.92 Å². The van der Waals surface area contributed by atoms with Crippen LogP contribution in [-0.4, -0.2) is 23.3 Å². The van der Waals surface area contributed by atoms with Crippen molar-refractivity contribution in [1.82, 2.24) is 10.2 Å². The maximum Gasteiger partial charge on any atom is 0.343 e. The van der Waals surface area contributed by atoms with E-state index in [0.29, 0.717) is 5.75 Å². The topological polar surface area (TPSA) is 61.3 Å². The van der Waals surface area contributed by atoms with Gasteiger partial charge in [-0.05, 0) is 24.6 Å². The van der Waals surface area contributed by atoms with E-state index in [1.165, 1.54) is 13.2 Å². The first-order valence-corrected chi connectivity index (χ1v) is 5.84. The van der Waals surface area contributed by atoms with Crippen LogP contribution >= 0.6 is 11.6 Å². The molecule has 0 spiro atoms. The second kappa shape index (κ2) is 5.67. The highest BCUT2D eigenvalue weighted by molar-refractivity contribution is 6.29. The molecule has 0 fully saturated rings. The first-order chi connectivity index (χ1) is 9.11. The van der Waals surface area contributed by atoms with Crippen molar-refractivity contribution >= 4 is 17.6 Å². The molecule has 1 heterocycles. The number of aromatic nitrogens is 2. The highest BCUT2D eigenvalue weighted by Gasteiger charge is 2.17. The molecule has 1 aromatic carbocycles. The molecule has 1 aromatic heterocycles. The lowest BCUT2D eigenvalue weighted by Crippen LogP contribution is -2.06. The first kappa shape index (κ1) is 13.3. The quantitative estimate of drug-likeness (QED) is 0.808. The molecule has 2 rings (SSSR count). The first-order valence-electron chi connectivity index (χ1n) is 5.47. The Morgan fingerprint density at radius 1 is 1.26 bits per heavy atom. The molecule has 0 amide bonds. The molecule has 2 aromatic rings. The molecule has 0 radical (unpaired) electrons. The Labute approximate surface area is 115 Å². The van der Waals surface area contributed by atoms with Crippen LogP contribution in [0.1, 0.15) is 15.9 Å². The van der Waals surface area contributed by atoms with Crippen LogP contribution in [0.3, 0.4) is 0 Å². The monoisotopic (exact) mass is 278 g/mol. The van der Waals surface area contributed by atoms with E-state index in [2.05, 4.69) is 14.9 Å². The van der Waals surface area contributed by atoms with Crippen molar-refractivity contribution in [3.63, 3.8) is 0 Å². The van der Waals surface area contributed by atoms with Gasteiger partial charge in [-0.2, -0.15) is 0 Å². The van der Waals surface area contributed by atoms with Crippen LogP contribution < -0.4 is 4.74 Å². The minimum absolute atomic E-state index is 0.0607. The molecule has 0 bridgehead atoms. The Balaban J connectivity index is 2.40. The summed E-state index contributed by atoms with van der Waals surface area (Å²) >= 11 is 5.72. The second-order valence-corrected chi connectivity index (χ2v) is 4.13. The van der Waals surface area contributed by atoms with E-state index in [0.717, 1.165) is 5.56 Å². The highest BCUT2D eigenvalue weighted by atomic mass is 35.5. The average molecular weight is 279 g/mol. The van der Waals surface area contributed by atoms with E-state index in [9.17, 15) is 4.79 Å². The van der Waals surface area contributed by atoms with Crippen LogP contribution in [0.25, 0.3) is 0 Å². The fraction of sp³-hybridized carbons (Fsp3) is 0.154. The molecule has 0 atom stereocenters. The van der Waals surface area contributed by atoms with Crippen LogP contribution in [0.5, 0.6) is 11.6 Å². The summed E-state index contributed by atoms with van der Waals surface area (Å²) in [6.45, 7) is 1.89. The molecule has 0 aliphatic rings. The average Bonchev–Trinajstić information content (AvgIpc) is 2.42. The zero-order chi connectivity index (χ0) is 13.8. The van der Waals surface area contributed by atoms with E-state index >= 15 is 0 Å². The zero-order valence-corrected chi connectivity index (χ0v) is 11.1. The van der Waals surface area contributed by atoms with E-state index in [1.54, 1.807) is 6.07 Å². The number of rotatable bonds is 3. The molecule has 98 valence electrons. The number of para-hydroxylation sites is 1. The number of esters is 1. The van der Waals surface area contributed by atoms with Gasteiger partial charge in [-0.1, -0.05) is 29.8 Å². The number of hydrogen-bond acceptors (Lipinski definition) is 5. The Morgan fingerprint density at radius 3 is 2.68 bits per heavy atom. The molecule has 0 saturated heterocycles. The summed E-state index contributed by atoms with van der Waals surface area (Å²) in [7, 11) is 1.27. The van der Waals surface area contributed by atoms with E-state index in [4.69, 9.17) is 16.3 Å².